The molecule has 7 heteroatoms. The second-order valence-electron chi connectivity index (χ2n) is 8.11. The topological polar surface area (TPSA) is 95.6 Å². The number of ketones is 1. The summed E-state index contributed by atoms with van der Waals surface area (Å²) in [5.41, 5.74) is 3.91. The molecule has 1 aliphatic carbocycles. The minimum atomic E-state index is -0.897. The van der Waals surface area contributed by atoms with Crippen LogP contribution in [0.3, 0.4) is 0 Å². The van der Waals surface area contributed by atoms with Gasteiger partial charge in [-0.25, -0.2) is 4.79 Å². The minimum absolute atomic E-state index is 0.0163. The molecule has 1 saturated heterocycles. The van der Waals surface area contributed by atoms with Gasteiger partial charge in [-0.2, -0.15) is 5.01 Å². The summed E-state index contributed by atoms with van der Waals surface area (Å²) in [6.07, 6.45) is 2.80. The molecule has 0 unspecified atom stereocenters. The van der Waals surface area contributed by atoms with Crippen molar-refractivity contribution in [2.75, 3.05) is 0 Å². The Morgan fingerprint density at radius 2 is 1.86 bits per heavy atom. The molecule has 1 aromatic carbocycles. The summed E-state index contributed by atoms with van der Waals surface area (Å²) in [7, 11) is 0. The third kappa shape index (κ3) is 3.93. The number of carbonyl (C=O) groups is 4. The molecule has 0 bridgehead atoms. The van der Waals surface area contributed by atoms with Crippen molar-refractivity contribution < 1.29 is 19.2 Å². The third-order valence-corrected chi connectivity index (χ3v) is 5.80. The van der Waals surface area contributed by atoms with Crippen LogP contribution in [-0.2, 0) is 9.59 Å². The number of nitrogens with one attached hydrogen (secondary N) is 2. The average Bonchev–Trinajstić information content (AvgIpc) is 2.88. The highest BCUT2D eigenvalue weighted by Gasteiger charge is 2.52. The largest absolute Gasteiger partial charge is 0.344 e. The maximum atomic E-state index is 12.7. The van der Waals surface area contributed by atoms with Crippen LogP contribution >= 0.6 is 0 Å². The zero-order chi connectivity index (χ0) is 20.5. The van der Waals surface area contributed by atoms with E-state index in [4.69, 9.17) is 0 Å². The molecule has 28 heavy (non-hydrogen) atoms. The highest BCUT2D eigenvalue weighted by atomic mass is 16.2. The van der Waals surface area contributed by atoms with Crippen molar-refractivity contribution in [3.8, 4) is 0 Å². The number of benzene rings is 1. The number of hydrogen-bond donors (Lipinski definition) is 2. The molecular weight excluding hydrogens is 358 g/mol. The molecule has 7 nitrogen and oxygen atoms in total. The Bertz CT molecular complexity index is 825. The lowest BCUT2D eigenvalue weighted by Crippen LogP contribution is -2.51. The standard InChI is InChI=1S/C21H27N3O4/c1-13-8-10-21(11-9-13)19(27)24(20(28)22-21)23-18(26)7-6-17(25)16-12-14(2)4-5-15(16)3/h4-5,12-13H,6-11H2,1-3H3,(H,22,28)(H,23,26). The number of imide groups is 1. The lowest BCUT2D eigenvalue weighted by Gasteiger charge is -2.33. The fourth-order valence-electron chi connectivity index (χ4n) is 3.89. The molecule has 150 valence electrons. The Morgan fingerprint density at radius 3 is 2.54 bits per heavy atom. The van der Waals surface area contributed by atoms with E-state index in [1.54, 1.807) is 6.07 Å². The summed E-state index contributed by atoms with van der Waals surface area (Å²) in [6, 6.07) is 5.01. The number of carbonyl (C=O) groups excluding carboxylic acids is 4. The molecule has 0 aromatic heterocycles. The maximum absolute atomic E-state index is 12.7. The highest BCUT2D eigenvalue weighted by Crippen LogP contribution is 2.35. The molecule has 2 N–H and O–H groups in total. The molecule has 2 aliphatic rings. The number of amides is 4. The number of urea groups is 1. The first-order chi connectivity index (χ1) is 13.2. The van der Waals surface area contributed by atoms with Gasteiger partial charge in [-0.1, -0.05) is 24.6 Å². The van der Waals surface area contributed by atoms with Crippen LogP contribution < -0.4 is 10.7 Å². The van der Waals surface area contributed by atoms with E-state index in [-0.39, 0.29) is 18.6 Å². The quantitative estimate of drug-likeness (QED) is 0.602. The number of nitrogens with zero attached hydrogens (tertiary/aromatic N) is 1. The van der Waals surface area contributed by atoms with Gasteiger partial charge in [-0.05, 0) is 57.1 Å². The SMILES string of the molecule is Cc1ccc(C)c(C(=O)CCC(=O)NN2C(=O)NC3(CCC(C)CC3)C2=O)c1. The number of aryl methyl sites for hydroxylation is 2. The predicted octanol–water partition coefficient (Wildman–Crippen LogP) is 2.80. The van der Waals surface area contributed by atoms with E-state index in [0.29, 0.717) is 24.3 Å². The van der Waals surface area contributed by atoms with Gasteiger partial charge in [0.2, 0.25) is 5.91 Å². The zero-order valence-electron chi connectivity index (χ0n) is 16.6. The van der Waals surface area contributed by atoms with Crippen LogP contribution in [0.2, 0.25) is 0 Å². The van der Waals surface area contributed by atoms with Crippen LogP contribution in [0.5, 0.6) is 0 Å². The van der Waals surface area contributed by atoms with Crippen molar-refractivity contribution in [1.82, 2.24) is 15.8 Å². The second kappa shape index (κ2) is 7.73. The van der Waals surface area contributed by atoms with E-state index < -0.39 is 23.4 Å². The van der Waals surface area contributed by atoms with Gasteiger partial charge in [0.25, 0.3) is 5.91 Å². The van der Waals surface area contributed by atoms with Crippen LogP contribution in [0.1, 0.15) is 66.9 Å². The Morgan fingerprint density at radius 1 is 1.18 bits per heavy atom. The van der Waals surface area contributed by atoms with E-state index in [2.05, 4.69) is 17.7 Å². The molecule has 1 heterocycles. The molecule has 1 aliphatic heterocycles. The molecule has 3 rings (SSSR count). The Labute approximate surface area is 164 Å². The van der Waals surface area contributed by atoms with Crippen molar-refractivity contribution in [1.29, 1.82) is 0 Å². The Hall–Kier alpha value is -2.70. The van der Waals surface area contributed by atoms with Crippen molar-refractivity contribution in [2.24, 2.45) is 5.92 Å². The van der Waals surface area contributed by atoms with Crippen LogP contribution in [-0.4, -0.2) is 34.2 Å². The number of rotatable bonds is 5. The summed E-state index contributed by atoms with van der Waals surface area (Å²) in [4.78, 5) is 49.7. The fourth-order valence-corrected chi connectivity index (χ4v) is 3.89. The smallest absolute Gasteiger partial charge is 0.322 e. The van der Waals surface area contributed by atoms with Crippen LogP contribution in [0.15, 0.2) is 18.2 Å². The van der Waals surface area contributed by atoms with E-state index >= 15 is 0 Å². The Kier molecular flexibility index (Phi) is 5.54. The van der Waals surface area contributed by atoms with Crippen molar-refractivity contribution in [3.05, 3.63) is 34.9 Å². The minimum Gasteiger partial charge on any atom is -0.322 e. The number of hydrogen-bond acceptors (Lipinski definition) is 4. The zero-order valence-corrected chi connectivity index (χ0v) is 16.6. The summed E-state index contributed by atoms with van der Waals surface area (Å²) in [6.45, 7) is 5.88. The lowest BCUT2D eigenvalue weighted by molar-refractivity contribution is -0.140. The van der Waals surface area contributed by atoms with Crippen molar-refractivity contribution >= 4 is 23.6 Å². The van der Waals surface area contributed by atoms with Crippen molar-refractivity contribution in [3.63, 3.8) is 0 Å². The highest BCUT2D eigenvalue weighted by molar-refractivity contribution is 6.08. The van der Waals surface area contributed by atoms with E-state index in [1.165, 1.54) is 0 Å². The van der Waals surface area contributed by atoms with Gasteiger partial charge in [0.05, 0.1) is 0 Å². The first-order valence-corrected chi connectivity index (χ1v) is 9.78. The summed E-state index contributed by atoms with van der Waals surface area (Å²) >= 11 is 0. The average molecular weight is 385 g/mol. The van der Waals surface area contributed by atoms with Crippen LogP contribution in [0, 0.1) is 19.8 Å². The summed E-state index contributed by atoms with van der Waals surface area (Å²) in [5, 5.41) is 3.53. The van der Waals surface area contributed by atoms with Gasteiger partial charge >= 0.3 is 6.03 Å². The lowest BCUT2D eigenvalue weighted by atomic mass is 9.77. The van der Waals surface area contributed by atoms with Gasteiger partial charge < -0.3 is 5.32 Å². The van der Waals surface area contributed by atoms with Crippen LogP contribution in [0.4, 0.5) is 4.79 Å². The van der Waals surface area contributed by atoms with E-state index in [0.717, 1.165) is 29.0 Å². The summed E-state index contributed by atoms with van der Waals surface area (Å²) in [5.74, 6) is -0.539. The number of Topliss-reactive ketones (excluding diaryl/α,β-unsaturated/α-hetero) is 1. The van der Waals surface area contributed by atoms with Gasteiger partial charge in [0.1, 0.15) is 5.54 Å². The van der Waals surface area contributed by atoms with Gasteiger partial charge in [0, 0.05) is 18.4 Å². The monoisotopic (exact) mass is 385 g/mol. The number of hydrazine groups is 1. The molecular formula is C21H27N3O4. The molecule has 1 aromatic rings. The summed E-state index contributed by atoms with van der Waals surface area (Å²) < 4.78 is 0. The predicted molar refractivity (Wildman–Crippen MR) is 103 cm³/mol. The van der Waals surface area contributed by atoms with Crippen molar-refractivity contribution in [2.45, 2.75) is 64.8 Å². The van der Waals surface area contributed by atoms with Gasteiger partial charge in [-0.15, -0.1) is 0 Å². The third-order valence-electron chi connectivity index (χ3n) is 5.80. The molecule has 0 atom stereocenters. The maximum Gasteiger partial charge on any atom is 0.344 e. The van der Waals surface area contributed by atoms with Crippen LogP contribution in [0.25, 0.3) is 0 Å². The molecule has 1 saturated carbocycles. The van der Waals surface area contributed by atoms with Gasteiger partial charge in [0.15, 0.2) is 5.78 Å². The normalized spacial score (nSPS) is 24.4. The van der Waals surface area contributed by atoms with E-state index in [9.17, 15) is 19.2 Å². The first-order valence-electron chi connectivity index (χ1n) is 9.78. The molecule has 4 amide bonds. The fraction of sp³-hybridized carbons (Fsp3) is 0.524. The van der Waals surface area contributed by atoms with Gasteiger partial charge in [-0.3, -0.25) is 19.8 Å². The molecule has 1 spiro atoms. The van der Waals surface area contributed by atoms with E-state index in [1.807, 2.05) is 26.0 Å². The Balaban J connectivity index is 1.57. The molecule has 0 radical (unpaired) electrons. The molecule has 2 fully saturated rings. The second-order valence-corrected chi connectivity index (χ2v) is 8.11. The first kappa shape index (κ1) is 20.0.